The van der Waals surface area contributed by atoms with Crippen LogP contribution in [-0.2, 0) is 0 Å². The second-order valence-corrected chi connectivity index (χ2v) is 12.9. The van der Waals surface area contributed by atoms with Gasteiger partial charge in [0, 0.05) is 17.1 Å². The molecule has 0 aliphatic rings. The van der Waals surface area contributed by atoms with Crippen LogP contribution in [0.1, 0.15) is 0 Å². The van der Waals surface area contributed by atoms with Crippen molar-refractivity contribution < 1.29 is 0 Å². The van der Waals surface area contributed by atoms with Crippen LogP contribution in [0.4, 0.5) is 17.1 Å². The first kappa shape index (κ1) is 30.4. The van der Waals surface area contributed by atoms with Crippen molar-refractivity contribution in [2.45, 2.75) is 0 Å². The number of anilines is 3. The highest BCUT2D eigenvalue weighted by Crippen LogP contribution is 2.41. The number of hydrogen-bond acceptors (Lipinski definition) is 1. The summed E-state index contributed by atoms with van der Waals surface area (Å²) < 4.78 is 0. The Bertz CT molecular complexity index is 2630. The molecule has 0 aliphatic carbocycles. The van der Waals surface area contributed by atoms with E-state index in [1.165, 1.54) is 66.1 Å². The lowest BCUT2D eigenvalue weighted by molar-refractivity contribution is 1.28. The molecule has 9 aromatic carbocycles. The van der Waals surface area contributed by atoms with Crippen molar-refractivity contribution in [2.24, 2.45) is 0 Å². The molecule has 0 fully saturated rings. The molecule has 0 atom stereocenters. The molecule has 0 unspecified atom stereocenters. The predicted octanol–water partition coefficient (Wildman–Crippen LogP) is 14.1. The standard InChI is InChI=1S/C50H35N/c1-2-14-36(15-3-1)46-26-8-9-27-49(46)40-20-10-22-43(34-40)51(42-32-30-39(31-33-42)48-28-12-18-37-16-4-6-24-45(37)48)44-23-11-21-41(35-44)50-29-13-19-38-17-5-7-25-47(38)50/h1-35H. The average Bonchev–Trinajstić information content (AvgIpc) is 3.21. The zero-order valence-electron chi connectivity index (χ0n) is 28.2. The Hall–Kier alpha value is -6.70. The molecule has 0 amide bonds. The summed E-state index contributed by atoms with van der Waals surface area (Å²) >= 11 is 0. The number of hydrogen-bond donors (Lipinski definition) is 0. The van der Waals surface area contributed by atoms with Gasteiger partial charge in [-0.15, -0.1) is 0 Å². The third kappa shape index (κ3) is 5.86. The number of fused-ring (bicyclic) bond motifs is 2. The fourth-order valence-corrected chi connectivity index (χ4v) is 7.42. The number of nitrogens with zero attached hydrogens (tertiary/aromatic N) is 1. The minimum atomic E-state index is 1.10. The molecule has 0 aromatic heterocycles. The van der Waals surface area contributed by atoms with Crippen molar-refractivity contribution in [2.75, 3.05) is 4.90 Å². The third-order valence-electron chi connectivity index (χ3n) is 9.86. The van der Waals surface area contributed by atoms with Crippen LogP contribution in [0, 0.1) is 0 Å². The van der Waals surface area contributed by atoms with Crippen LogP contribution >= 0.6 is 0 Å². The molecular formula is C50H35N. The molecule has 240 valence electrons. The van der Waals surface area contributed by atoms with Crippen molar-refractivity contribution in [3.05, 3.63) is 212 Å². The van der Waals surface area contributed by atoms with Gasteiger partial charge in [0.05, 0.1) is 0 Å². The molecule has 0 bridgehead atoms. The van der Waals surface area contributed by atoms with Gasteiger partial charge in [0.1, 0.15) is 0 Å². The summed E-state index contributed by atoms with van der Waals surface area (Å²) in [5.74, 6) is 0. The Morgan fingerprint density at radius 1 is 0.235 bits per heavy atom. The molecular weight excluding hydrogens is 615 g/mol. The third-order valence-corrected chi connectivity index (χ3v) is 9.86. The quantitative estimate of drug-likeness (QED) is 0.166. The maximum absolute atomic E-state index is 2.39. The number of rotatable bonds is 7. The summed E-state index contributed by atoms with van der Waals surface area (Å²) in [6.45, 7) is 0. The van der Waals surface area contributed by atoms with Crippen LogP contribution in [0.2, 0.25) is 0 Å². The second kappa shape index (κ2) is 13.3. The Kier molecular flexibility index (Phi) is 7.92. The van der Waals surface area contributed by atoms with Gasteiger partial charge in [-0.25, -0.2) is 0 Å². The van der Waals surface area contributed by atoms with E-state index < -0.39 is 0 Å². The Balaban J connectivity index is 1.19. The van der Waals surface area contributed by atoms with E-state index in [-0.39, 0.29) is 0 Å². The fraction of sp³-hybridized carbons (Fsp3) is 0. The summed E-state index contributed by atoms with van der Waals surface area (Å²) in [7, 11) is 0. The molecule has 0 aliphatic heterocycles. The van der Waals surface area contributed by atoms with E-state index >= 15 is 0 Å². The summed E-state index contributed by atoms with van der Waals surface area (Å²) in [6.07, 6.45) is 0. The Morgan fingerprint density at radius 2 is 0.627 bits per heavy atom. The maximum Gasteiger partial charge on any atom is 0.0467 e. The second-order valence-electron chi connectivity index (χ2n) is 12.9. The molecule has 0 heterocycles. The SMILES string of the molecule is c1ccc(-c2ccccc2-c2cccc(N(c3ccc(-c4cccc5ccccc45)cc3)c3cccc(-c4cccc5ccccc45)c3)c2)cc1. The van der Waals surface area contributed by atoms with Crippen molar-refractivity contribution >= 4 is 38.6 Å². The van der Waals surface area contributed by atoms with Gasteiger partial charge in [0.25, 0.3) is 0 Å². The summed E-state index contributed by atoms with van der Waals surface area (Å²) in [5.41, 5.74) is 13.0. The van der Waals surface area contributed by atoms with Gasteiger partial charge in [0.15, 0.2) is 0 Å². The molecule has 0 radical (unpaired) electrons. The van der Waals surface area contributed by atoms with E-state index in [1.807, 2.05) is 0 Å². The topological polar surface area (TPSA) is 3.24 Å². The molecule has 0 spiro atoms. The van der Waals surface area contributed by atoms with E-state index in [9.17, 15) is 0 Å². The Morgan fingerprint density at radius 3 is 1.24 bits per heavy atom. The molecule has 1 nitrogen and oxygen atoms in total. The molecule has 1 heteroatoms. The lowest BCUT2D eigenvalue weighted by atomic mass is 9.94. The summed E-state index contributed by atoms with van der Waals surface area (Å²) in [6, 6.07) is 76.6. The first-order valence-electron chi connectivity index (χ1n) is 17.5. The molecule has 9 rings (SSSR count). The molecule has 0 N–H and O–H groups in total. The van der Waals surface area contributed by atoms with Gasteiger partial charge >= 0.3 is 0 Å². The highest BCUT2D eigenvalue weighted by atomic mass is 15.1. The van der Waals surface area contributed by atoms with Crippen LogP contribution in [0.5, 0.6) is 0 Å². The van der Waals surface area contributed by atoms with Gasteiger partial charge in [-0.2, -0.15) is 0 Å². The van der Waals surface area contributed by atoms with Crippen LogP contribution in [-0.4, -0.2) is 0 Å². The lowest BCUT2D eigenvalue weighted by Crippen LogP contribution is -2.10. The van der Waals surface area contributed by atoms with Crippen molar-refractivity contribution in [3.63, 3.8) is 0 Å². The maximum atomic E-state index is 2.39. The van der Waals surface area contributed by atoms with E-state index in [4.69, 9.17) is 0 Å². The smallest absolute Gasteiger partial charge is 0.0467 e. The van der Waals surface area contributed by atoms with Gasteiger partial charge in [-0.3, -0.25) is 0 Å². The van der Waals surface area contributed by atoms with Gasteiger partial charge in [-0.1, -0.05) is 176 Å². The fourth-order valence-electron chi connectivity index (χ4n) is 7.42. The first-order chi connectivity index (χ1) is 25.3. The van der Waals surface area contributed by atoms with E-state index in [1.54, 1.807) is 0 Å². The van der Waals surface area contributed by atoms with Crippen molar-refractivity contribution in [1.29, 1.82) is 0 Å². The Labute approximate surface area is 299 Å². The van der Waals surface area contributed by atoms with Gasteiger partial charge < -0.3 is 4.90 Å². The molecule has 9 aromatic rings. The van der Waals surface area contributed by atoms with E-state index in [0.717, 1.165) is 17.1 Å². The summed E-state index contributed by atoms with van der Waals surface area (Å²) in [4.78, 5) is 2.39. The predicted molar refractivity (Wildman–Crippen MR) is 218 cm³/mol. The molecule has 51 heavy (non-hydrogen) atoms. The van der Waals surface area contributed by atoms with Crippen LogP contribution < -0.4 is 4.90 Å². The minimum Gasteiger partial charge on any atom is -0.310 e. The average molecular weight is 650 g/mol. The highest BCUT2D eigenvalue weighted by Gasteiger charge is 2.17. The largest absolute Gasteiger partial charge is 0.310 e. The molecule has 0 saturated carbocycles. The van der Waals surface area contributed by atoms with Gasteiger partial charge in [-0.05, 0) is 102 Å². The van der Waals surface area contributed by atoms with Crippen LogP contribution in [0.15, 0.2) is 212 Å². The normalized spacial score (nSPS) is 11.1. The zero-order chi connectivity index (χ0) is 34.0. The monoisotopic (exact) mass is 649 g/mol. The minimum absolute atomic E-state index is 1.10. The first-order valence-corrected chi connectivity index (χ1v) is 17.5. The molecule has 0 saturated heterocycles. The van der Waals surface area contributed by atoms with Crippen molar-refractivity contribution in [3.8, 4) is 44.5 Å². The zero-order valence-corrected chi connectivity index (χ0v) is 28.2. The summed E-state index contributed by atoms with van der Waals surface area (Å²) in [5, 5.41) is 5.00. The van der Waals surface area contributed by atoms with E-state index in [2.05, 4.69) is 217 Å². The van der Waals surface area contributed by atoms with E-state index in [0.29, 0.717) is 0 Å². The number of benzene rings is 9. The van der Waals surface area contributed by atoms with Gasteiger partial charge in [0.2, 0.25) is 0 Å². The van der Waals surface area contributed by atoms with Crippen LogP contribution in [0.25, 0.3) is 66.1 Å². The highest BCUT2D eigenvalue weighted by molar-refractivity contribution is 5.99. The van der Waals surface area contributed by atoms with Crippen molar-refractivity contribution in [1.82, 2.24) is 0 Å². The van der Waals surface area contributed by atoms with Crippen LogP contribution in [0.3, 0.4) is 0 Å². The lowest BCUT2D eigenvalue weighted by Gasteiger charge is -2.27.